The maximum Gasteiger partial charge on any atom is 0.144 e. The molecule has 2 aromatic carbocycles. The van der Waals surface area contributed by atoms with E-state index in [-0.39, 0.29) is 6.04 Å². The quantitative estimate of drug-likeness (QED) is 0.802. The second-order valence-electron chi connectivity index (χ2n) is 4.96. The fourth-order valence-corrected chi connectivity index (χ4v) is 2.09. The van der Waals surface area contributed by atoms with E-state index in [1.807, 2.05) is 25.1 Å². The smallest absolute Gasteiger partial charge is 0.144 e. The topological polar surface area (TPSA) is 47.3 Å². The van der Waals surface area contributed by atoms with Gasteiger partial charge in [-0.3, -0.25) is 0 Å². The van der Waals surface area contributed by atoms with Gasteiger partial charge in [0.15, 0.2) is 0 Å². The van der Waals surface area contributed by atoms with E-state index in [4.69, 9.17) is 10.5 Å². The molecule has 0 saturated heterocycles. The number of hydrogen-bond donors (Lipinski definition) is 2. The van der Waals surface area contributed by atoms with Gasteiger partial charge in [-0.2, -0.15) is 0 Å². The molecule has 0 heterocycles. The summed E-state index contributed by atoms with van der Waals surface area (Å²) in [6.45, 7) is 6.80. The van der Waals surface area contributed by atoms with Crippen LogP contribution in [0.25, 0.3) is 0 Å². The van der Waals surface area contributed by atoms with Crippen LogP contribution in [0.4, 0.5) is 11.4 Å². The fraction of sp³-hybridized carbons (Fsp3) is 0.294. The standard InChI is InChI=1S/C17H22N2O/c1-4-20-17-11-15(9-10-16(17)18)19-13(3)14-7-5-12(2)6-8-14/h5-11,13,19H,4,18H2,1-3H3. The van der Waals surface area contributed by atoms with Gasteiger partial charge in [0.25, 0.3) is 0 Å². The summed E-state index contributed by atoms with van der Waals surface area (Å²) in [6, 6.07) is 14.6. The third-order valence-electron chi connectivity index (χ3n) is 3.27. The third kappa shape index (κ3) is 3.44. The summed E-state index contributed by atoms with van der Waals surface area (Å²) in [7, 11) is 0. The minimum absolute atomic E-state index is 0.230. The van der Waals surface area contributed by atoms with Gasteiger partial charge in [-0.05, 0) is 38.5 Å². The highest BCUT2D eigenvalue weighted by atomic mass is 16.5. The zero-order valence-electron chi connectivity index (χ0n) is 12.3. The highest BCUT2D eigenvalue weighted by molar-refractivity contribution is 5.61. The first-order valence-electron chi connectivity index (χ1n) is 6.95. The predicted molar refractivity (Wildman–Crippen MR) is 85.2 cm³/mol. The number of benzene rings is 2. The van der Waals surface area contributed by atoms with Crippen molar-refractivity contribution in [1.29, 1.82) is 0 Å². The third-order valence-corrected chi connectivity index (χ3v) is 3.27. The summed E-state index contributed by atoms with van der Waals surface area (Å²) in [5.74, 6) is 0.730. The molecule has 0 aliphatic heterocycles. The van der Waals surface area contributed by atoms with Gasteiger partial charge in [-0.15, -0.1) is 0 Å². The van der Waals surface area contributed by atoms with Crippen molar-refractivity contribution in [2.45, 2.75) is 26.8 Å². The Morgan fingerprint density at radius 1 is 1.15 bits per heavy atom. The van der Waals surface area contributed by atoms with Crippen LogP contribution in [0.3, 0.4) is 0 Å². The molecule has 0 saturated carbocycles. The number of nitrogens with two attached hydrogens (primary N) is 1. The van der Waals surface area contributed by atoms with Crippen LogP contribution in [0.5, 0.6) is 5.75 Å². The van der Waals surface area contributed by atoms with E-state index >= 15 is 0 Å². The molecule has 3 heteroatoms. The van der Waals surface area contributed by atoms with E-state index in [0.717, 1.165) is 11.4 Å². The Kier molecular flexibility index (Phi) is 4.51. The van der Waals surface area contributed by atoms with E-state index < -0.39 is 0 Å². The molecular weight excluding hydrogens is 248 g/mol. The normalized spacial score (nSPS) is 11.9. The molecule has 0 aliphatic rings. The second kappa shape index (κ2) is 6.33. The highest BCUT2D eigenvalue weighted by Gasteiger charge is 2.07. The van der Waals surface area contributed by atoms with E-state index in [1.54, 1.807) is 0 Å². The molecule has 0 amide bonds. The highest BCUT2D eigenvalue weighted by Crippen LogP contribution is 2.28. The molecule has 1 unspecified atom stereocenters. The van der Waals surface area contributed by atoms with Gasteiger partial charge >= 0.3 is 0 Å². The minimum atomic E-state index is 0.230. The molecule has 0 fully saturated rings. The van der Waals surface area contributed by atoms with Crippen molar-refractivity contribution >= 4 is 11.4 Å². The summed E-state index contributed by atoms with van der Waals surface area (Å²) in [4.78, 5) is 0. The lowest BCUT2D eigenvalue weighted by molar-refractivity contribution is 0.342. The largest absolute Gasteiger partial charge is 0.492 e. The van der Waals surface area contributed by atoms with Gasteiger partial charge in [0.05, 0.1) is 12.3 Å². The molecule has 0 spiro atoms. The number of ether oxygens (including phenoxy) is 1. The van der Waals surface area contributed by atoms with Gasteiger partial charge < -0.3 is 15.8 Å². The summed E-state index contributed by atoms with van der Waals surface area (Å²) < 4.78 is 5.52. The Hall–Kier alpha value is -2.16. The zero-order valence-corrected chi connectivity index (χ0v) is 12.3. The number of hydrogen-bond acceptors (Lipinski definition) is 3. The average molecular weight is 270 g/mol. The first-order chi connectivity index (χ1) is 9.60. The van der Waals surface area contributed by atoms with E-state index in [0.29, 0.717) is 12.3 Å². The van der Waals surface area contributed by atoms with E-state index in [9.17, 15) is 0 Å². The summed E-state index contributed by atoms with van der Waals surface area (Å²) >= 11 is 0. The monoisotopic (exact) mass is 270 g/mol. The Morgan fingerprint density at radius 2 is 1.85 bits per heavy atom. The van der Waals surface area contributed by atoms with Gasteiger partial charge in [0.1, 0.15) is 5.75 Å². The number of aryl methyl sites for hydroxylation is 1. The molecule has 106 valence electrons. The first-order valence-corrected chi connectivity index (χ1v) is 6.95. The predicted octanol–water partition coefficient (Wildman–Crippen LogP) is 4.15. The van der Waals surface area contributed by atoms with Crippen LogP contribution in [-0.2, 0) is 0 Å². The Balaban J connectivity index is 2.13. The van der Waals surface area contributed by atoms with Crippen molar-refractivity contribution in [2.24, 2.45) is 0 Å². The van der Waals surface area contributed by atoms with Crippen LogP contribution >= 0.6 is 0 Å². The molecule has 0 radical (unpaired) electrons. The summed E-state index contributed by atoms with van der Waals surface area (Å²) in [5.41, 5.74) is 10.1. The number of anilines is 2. The van der Waals surface area contributed by atoms with Gasteiger partial charge in [-0.1, -0.05) is 29.8 Å². The molecule has 1 atom stereocenters. The molecule has 3 N–H and O–H groups in total. The lowest BCUT2D eigenvalue weighted by atomic mass is 10.1. The summed E-state index contributed by atoms with van der Waals surface area (Å²) in [5, 5.41) is 3.47. The fourth-order valence-electron chi connectivity index (χ4n) is 2.09. The van der Waals surface area contributed by atoms with Crippen LogP contribution in [0.15, 0.2) is 42.5 Å². The van der Waals surface area contributed by atoms with Crippen molar-refractivity contribution in [3.63, 3.8) is 0 Å². The molecular formula is C17H22N2O. The van der Waals surface area contributed by atoms with Crippen LogP contribution in [0.1, 0.15) is 31.0 Å². The Morgan fingerprint density at radius 3 is 2.50 bits per heavy atom. The molecule has 20 heavy (non-hydrogen) atoms. The van der Waals surface area contributed by atoms with E-state index in [1.165, 1.54) is 11.1 Å². The lowest BCUT2D eigenvalue weighted by Crippen LogP contribution is -2.07. The number of rotatable bonds is 5. The minimum Gasteiger partial charge on any atom is -0.492 e. The zero-order chi connectivity index (χ0) is 14.5. The lowest BCUT2D eigenvalue weighted by Gasteiger charge is -2.17. The van der Waals surface area contributed by atoms with Crippen LogP contribution < -0.4 is 15.8 Å². The Labute approximate surface area is 120 Å². The maximum atomic E-state index is 5.88. The number of nitrogen functional groups attached to an aromatic ring is 1. The molecule has 2 rings (SSSR count). The van der Waals surface area contributed by atoms with E-state index in [2.05, 4.69) is 43.4 Å². The van der Waals surface area contributed by atoms with Gasteiger partial charge in [-0.25, -0.2) is 0 Å². The van der Waals surface area contributed by atoms with Crippen LogP contribution in [-0.4, -0.2) is 6.61 Å². The van der Waals surface area contributed by atoms with Crippen molar-refractivity contribution in [2.75, 3.05) is 17.7 Å². The molecule has 2 aromatic rings. The SMILES string of the molecule is CCOc1cc(NC(C)c2ccc(C)cc2)ccc1N. The van der Waals surface area contributed by atoms with Crippen LogP contribution in [0, 0.1) is 6.92 Å². The Bertz CT molecular complexity index is 564. The molecule has 0 aliphatic carbocycles. The van der Waals surface area contributed by atoms with Gasteiger partial charge in [0.2, 0.25) is 0 Å². The average Bonchev–Trinajstić information content (AvgIpc) is 2.43. The molecule has 0 aromatic heterocycles. The first kappa shape index (κ1) is 14.3. The van der Waals surface area contributed by atoms with Crippen molar-refractivity contribution < 1.29 is 4.74 Å². The number of nitrogens with one attached hydrogen (secondary N) is 1. The second-order valence-corrected chi connectivity index (χ2v) is 4.96. The molecule has 3 nitrogen and oxygen atoms in total. The maximum absolute atomic E-state index is 5.88. The van der Waals surface area contributed by atoms with Gasteiger partial charge in [0, 0.05) is 17.8 Å². The van der Waals surface area contributed by atoms with Crippen LogP contribution in [0.2, 0.25) is 0 Å². The van der Waals surface area contributed by atoms with Crippen molar-refractivity contribution in [1.82, 2.24) is 0 Å². The molecule has 0 bridgehead atoms. The summed E-state index contributed by atoms with van der Waals surface area (Å²) in [6.07, 6.45) is 0. The van der Waals surface area contributed by atoms with Crippen molar-refractivity contribution in [3.8, 4) is 5.75 Å². The van der Waals surface area contributed by atoms with Crippen molar-refractivity contribution in [3.05, 3.63) is 53.6 Å².